The Bertz CT molecular complexity index is 450. The van der Waals surface area contributed by atoms with E-state index in [0.717, 1.165) is 0 Å². The van der Waals surface area contributed by atoms with Crippen molar-refractivity contribution in [2.75, 3.05) is 5.32 Å². The third-order valence-corrected chi connectivity index (χ3v) is 1.69. The van der Waals surface area contributed by atoms with Gasteiger partial charge in [0.25, 0.3) is 0 Å². The van der Waals surface area contributed by atoms with Crippen molar-refractivity contribution in [2.24, 2.45) is 5.10 Å². The molecule has 1 rings (SSSR count). The van der Waals surface area contributed by atoms with E-state index in [0.29, 0.717) is 11.4 Å². The molecule has 1 aromatic carbocycles. The van der Waals surface area contributed by atoms with E-state index in [1.54, 1.807) is 13.8 Å². The van der Waals surface area contributed by atoms with Gasteiger partial charge in [-0.3, -0.25) is 9.59 Å². The first-order valence-electron chi connectivity index (χ1n) is 4.87. The van der Waals surface area contributed by atoms with Crippen LogP contribution in [0.25, 0.3) is 0 Å². The van der Waals surface area contributed by atoms with E-state index in [1.807, 2.05) is 0 Å². The van der Waals surface area contributed by atoms with Gasteiger partial charge in [-0.05, 0) is 38.1 Å². The average Bonchev–Trinajstić information content (AvgIpc) is 2.28. The topological polar surface area (TPSA) is 70.6 Å². The summed E-state index contributed by atoms with van der Waals surface area (Å²) in [5.74, 6) is -2.16. The number of halogens is 1. The Morgan fingerprint density at radius 2 is 1.71 bits per heavy atom. The Hall–Kier alpha value is -2.24. The monoisotopic (exact) mass is 237 g/mol. The third-order valence-electron chi connectivity index (χ3n) is 1.69. The summed E-state index contributed by atoms with van der Waals surface area (Å²) in [4.78, 5) is 22.5. The lowest BCUT2D eigenvalue weighted by molar-refractivity contribution is -0.136. The van der Waals surface area contributed by atoms with E-state index in [1.165, 1.54) is 24.3 Å². The molecular formula is C11H12FN3O2. The highest BCUT2D eigenvalue weighted by Gasteiger charge is 2.12. The molecule has 0 spiro atoms. The van der Waals surface area contributed by atoms with E-state index < -0.39 is 17.6 Å². The van der Waals surface area contributed by atoms with Gasteiger partial charge in [0.15, 0.2) is 0 Å². The molecule has 0 aliphatic heterocycles. The van der Waals surface area contributed by atoms with Gasteiger partial charge in [0.05, 0.1) is 0 Å². The molecule has 0 unspecified atom stereocenters. The van der Waals surface area contributed by atoms with Gasteiger partial charge in [-0.25, -0.2) is 9.82 Å². The van der Waals surface area contributed by atoms with Crippen LogP contribution in [0.1, 0.15) is 13.8 Å². The van der Waals surface area contributed by atoms with Crippen molar-refractivity contribution in [1.29, 1.82) is 0 Å². The molecule has 0 saturated heterocycles. The predicted molar refractivity (Wildman–Crippen MR) is 62.0 cm³/mol. The van der Waals surface area contributed by atoms with Crippen LogP contribution >= 0.6 is 0 Å². The highest BCUT2D eigenvalue weighted by atomic mass is 19.1. The van der Waals surface area contributed by atoms with Gasteiger partial charge in [-0.15, -0.1) is 0 Å². The molecule has 90 valence electrons. The first-order valence-corrected chi connectivity index (χ1v) is 4.87. The van der Waals surface area contributed by atoms with Crippen LogP contribution in [0.5, 0.6) is 0 Å². The molecular weight excluding hydrogens is 225 g/mol. The highest BCUT2D eigenvalue weighted by molar-refractivity contribution is 6.39. The third kappa shape index (κ3) is 4.42. The zero-order chi connectivity index (χ0) is 12.8. The minimum absolute atomic E-state index is 0.337. The fourth-order valence-corrected chi connectivity index (χ4v) is 0.934. The second-order valence-corrected chi connectivity index (χ2v) is 3.46. The van der Waals surface area contributed by atoms with Crippen molar-refractivity contribution < 1.29 is 14.0 Å². The maximum atomic E-state index is 12.6. The quantitative estimate of drug-likeness (QED) is 0.462. The van der Waals surface area contributed by atoms with Crippen LogP contribution in [0.4, 0.5) is 10.1 Å². The van der Waals surface area contributed by atoms with E-state index in [4.69, 9.17) is 0 Å². The number of nitrogens with zero attached hydrogens (tertiary/aromatic N) is 1. The molecule has 0 fully saturated rings. The smallest absolute Gasteiger partial charge is 0.318 e. The van der Waals surface area contributed by atoms with Gasteiger partial charge < -0.3 is 5.32 Å². The number of carbonyl (C=O) groups is 2. The molecule has 1 aromatic rings. The zero-order valence-corrected chi connectivity index (χ0v) is 9.45. The molecule has 0 atom stereocenters. The van der Waals surface area contributed by atoms with Gasteiger partial charge in [0.2, 0.25) is 0 Å². The summed E-state index contributed by atoms with van der Waals surface area (Å²) < 4.78 is 12.6. The minimum Gasteiger partial charge on any atom is -0.318 e. The summed E-state index contributed by atoms with van der Waals surface area (Å²) in [5.41, 5.74) is 3.03. The molecule has 0 heterocycles. The maximum absolute atomic E-state index is 12.6. The second-order valence-electron chi connectivity index (χ2n) is 3.46. The van der Waals surface area contributed by atoms with Gasteiger partial charge in [-0.2, -0.15) is 5.10 Å². The van der Waals surface area contributed by atoms with Gasteiger partial charge in [0, 0.05) is 11.4 Å². The van der Waals surface area contributed by atoms with Gasteiger partial charge >= 0.3 is 11.8 Å². The van der Waals surface area contributed by atoms with Crippen molar-refractivity contribution in [3.8, 4) is 0 Å². The maximum Gasteiger partial charge on any atom is 0.329 e. The Kier molecular flexibility index (Phi) is 4.33. The summed E-state index contributed by atoms with van der Waals surface area (Å²) in [6, 6.07) is 5.08. The largest absolute Gasteiger partial charge is 0.329 e. The fourth-order valence-electron chi connectivity index (χ4n) is 0.934. The predicted octanol–water partition coefficient (Wildman–Crippen LogP) is 1.28. The van der Waals surface area contributed by atoms with Crippen LogP contribution < -0.4 is 10.7 Å². The lowest BCUT2D eigenvalue weighted by Gasteiger charge is -2.03. The number of benzene rings is 1. The number of anilines is 1. The van der Waals surface area contributed by atoms with E-state index in [2.05, 4.69) is 15.8 Å². The normalized spacial score (nSPS) is 9.35. The molecule has 0 saturated carbocycles. The van der Waals surface area contributed by atoms with Crippen molar-refractivity contribution in [1.82, 2.24) is 5.43 Å². The Morgan fingerprint density at radius 3 is 2.24 bits per heavy atom. The first kappa shape index (κ1) is 12.8. The molecule has 0 radical (unpaired) electrons. The molecule has 0 aromatic heterocycles. The molecule has 2 N–H and O–H groups in total. The van der Waals surface area contributed by atoms with Crippen molar-refractivity contribution in [2.45, 2.75) is 13.8 Å². The van der Waals surface area contributed by atoms with Gasteiger partial charge in [-0.1, -0.05) is 0 Å². The van der Waals surface area contributed by atoms with Gasteiger partial charge in [0.1, 0.15) is 5.82 Å². The number of rotatable bonds is 2. The number of hydrogen-bond acceptors (Lipinski definition) is 3. The SMILES string of the molecule is CC(C)=NNC(=O)C(=O)Nc1ccc(F)cc1. The summed E-state index contributed by atoms with van der Waals surface area (Å²) in [7, 11) is 0. The van der Waals surface area contributed by atoms with Crippen LogP contribution in [-0.2, 0) is 9.59 Å². The van der Waals surface area contributed by atoms with Crippen molar-refractivity contribution in [3.05, 3.63) is 30.1 Å². The van der Waals surface area contributed by atoms with E-state index >= 15 is 0 Å². The first-order chi connectivity index (χ1) is 7.99. The van der Waals surface area contributed by atoms with Crippen LogP contribution in [0.15, 0.2) is 29.4 Å². The summed E-state index contributed by atoms with van der Waals surface area (Å²) >= 11 is 0. The minimum atomic E-state index is -0.879. The molecule has 0 bridgehead atoms. The number of hydrazone groups is 1. The lowest BCUT2D eigenvalue weighted by Crippen LogP contribution is -2.32. The van der Waals surface area contributed by atoms with Crippen molar-refractivity contribution >= 4 is 23.2 Å². The fraction of sp³-hybridized carbons (Fsp3) is 0.182. The average molecular weight is 237 g/mol. The standard InChI is InChI=1S/C11H12FN3O2/c1-7(2)14-15-11(17)10(16)13-9-5-3-8(12)4-6-9/h3-6H,1-2H3,(H,13,16)(H,15,17). The van der Waals surface area contributed by atoms with Crippen LogP contribution in [0, 0.1) is 5.82 Å². The number of hydrogen-bond donors (Lipinski definition) is 2. The number of carbonyl (C=O) groups excluding carboxylic acids is 2. The lowest BCUT2D eigenvalue weighted by atomic mass is 10.3. The Labute approximate surface area is 97.7 Å². The summed E-state index contributed by atoms with van der Waals surface area (Å²) in [6.07, 6.45) is 0. The van der Waals surface area contributed by atoms with E-state index in [-0.39, 0.29) is 0 Å². The second kappa shape index (κ2) is 5.74. The Morgan fingerprint density at radius 1 is 1.12 bits per heavy atom. The molecule has 0 aliphatic rings. The van der Waals surface area contributed by atoms with Crippen molar-refractivity contribution in [3.63, 3.8) is 0 Å². The molecule has 6 heteroatoms. The summed E-state index contributed by atoms with van der Waals surface area (Å²) in [6.45, 7) is 3.36. The Balaban J connectivity index is 2.57. The van der Waals surface area contributed by atoms with Crippen LogP contribution in [0.2, 0.25) is 0 Å². The summed E-state index contributed by atoms with van der Waals surface area (Å²) in [5, 5.41) is 5.90. The van der Waals surface area contributed by atoms with Crippen LogP contribution in [0.3, 0.4) is 0 Å². The number of nitrogens with one attached hydrogen (secondary N) is 2. The number of amides is 2. The molecule has 5 nitrogen and oxygen atoms in total. The van der Waals surface area contributed by atoms with Crippen LogP contribution in [-0.4, -0.2) is 17.5 Å². The molecule has 17 heavy (non-hydrogen) atoms. The molecule has 2 amide bonds. The highest BCUT2D eigenvalue weighted by Crippen LogP contribution is 2.07. The molecule has 0 aliphatic carbocycles. The van der Waals surface area contributed by atoms with E-state index in [9.17, 15) is 14.0 Å². The zero-order valence-electron chi connectivity index (χ0n) is 9.45.